The fraction of sp³-hybridized carbons (Fsp3) is 0.588. The monoisotopic (exact) mass is 306 g/mol. The highest BCUT2D eigenvalue weighted by Gasteiger charge is 2.47. The van der Waals surface area contributed by atoms with Crippen LogP contribution in [0.1, 0.15) is 44.6 Å². The second kappa shape index (κ2) is 5.98. The molecule has 1 N–H and O–H groups in total. The molecule has 1 saturated heterocycles. The summed E-state index contributed by atoms with van der Waals surface area (Å²) in [4.78, 5) is 15.0. The van der Waals surface area contributed by atoms with Crippen LogP contribution in [0.2, 0.25) is 5.02 Å². The lowest BCUT2D eigenvalue weighted by Gasteiger charge is -2.28. The third kappa shape index (κ3) is 2.95. The molecule has 1 heterocycles. The van der Waals surface area contributed by atoms with Gasteiger partial charge in [0.15, 0.2) is 0 Å². The van der Waals surface area contributed by atoms with Crippen molar-refractivity contribution >= 4 is 17.5 Å². The fourth-order valence-electron chi connectivity index (χ4n) is 3.42. The molecule has 0 unspecified atom stereocenters. The van der Waals surface area contributed by atoms with Gasteiger partial charge < -0.3 is 5.32 Å². The number of halogens is 1. The highest BCUT2D eigenvalue weighted by Crippen LogP contribution is 2.48. The highest BCUT2D eigenvalue weighted by molar-refractivity contribution is 6.31. The second-order valence-electron chi connectivity index (χ2n) is 6.22. The van der Waals surface area contributed by atoms with Crippen LogP contribution in [0.5, 0.6) is 0 Å². The molecule has 0 bridgehead atoms. The summed E-state index contributed by atoms with van der Waals surface area (Å²) in [7, 11) is 0. The molecule has 21 heavy (non-hydrogen) atoms. The maximum Gasteiger partial charge on any atom is 0.238 e. The molecule has 1 aromatic carbocycles. The lowest BCUT2D eigenvalue weighted by molar-refractivity contribution is -0.127. The summed E-state index contributed by atoms with van der Waals surface area (Å²) in [5, 5.41) is 4.04. The van der Waals surface area contributed by atoms with Gasteiger partial charge in [-0.05, 0) is 56.8 Å². The van der Waals surface area contributed by atoms with E-state index < -0.39 is 0 Å². The number of benzene rings is 1. The lowest BCUT2D eigenvalue weighted by atomic mass is 10.0. The Kier molecular flexibility index (Phi) is 4.23. The van der Waals surface area contributed by atoms with E-state index in [-0.39, 0.29) is 17.5 Å². The summed E-state index contributed by atoms with van der Waals surface area (Å²) < 4.78 is 0. The van der Waals surface area contributed by atoms with Crippen molar-refractivity contribution in [2.75, 3.05) is 13.1 Å². The summed E-state index contributed by atoms with van der Waals surface area (Å²) in [5.74, 6) is 0.164. The van der Waals surface area contributed by atoms with E-state index in [9.17, 15) is 4.79 Å². The van der Waals surface area contributed by atoms with E-state index in [2.05, 4.69) is 17.1 Å². The Hall–Kier alpha value is -1.06. The van der Waals surface area contributed by atoms with E-state index in [1.54, 1.807) is 0 Å². The molecular weight excluding hydrogens is 284 g/mol. The number of rotatable bonds is 5. The zero-order valence-electron chi connectivity index (χ0n) is 12.6. The fourth-order valence-corrected chi connectivity index (χ4v) is 3.73. The van der Waals surface area contributed by atoms with Crippen molar-refractivity contribution < 1.29 is 4.79 Å². The van der Waals surface area contributed by atoms with Gasteiger partial charge in [0.25, 0.3) is 0 Å². The minimum atomic E-state index is -0.220. The number of nitrogens with one attached hydrogen (secondary N) is 1. The Morgan fingerprint density at radius 1 is 1.33 bits per heavy atom. The van der Waals surface area contributed by atoms with Crippen molar-refractivity contribution in [2.24, 2.45) is 0 Å². The quantitative estimate of drug-likeness (QED) is 0.905. The Labute approximate surface area is 131 Å². The molecule has 3 rings (SSSR count). The molecule has 3 nitrogen and oxygen atoms in total. The predicted molar refractivity (Wildman–Crippen MR) is 85.4 cm³/mol. The number of hydrogen-bond donors (Lipinski definition) is 1. The average molecular weight is 307 g/mol. The van der Waals surface area contributed by atoms with Crippen molar-refractivity contribution in [1.82, 2.24) is 10.2 Å². The van der Waals surface area contributed by atoms with Crippen LogP contribution in [0.4, 0.5) is 0 Å². The van der Waals surface area contributed by atoms with Crippen molar-refractivity contribution in [3.8, 4) is 0 Å². The smallest absolute Gasteiger partial charge is 0.238 e. The third-order valence-corrected chi connectivity index (χ3v) is 5.10. The summed E-state index contributed by atoms with van der Waals surface area (Å²) in [6.45, 7) is 4.19. The van der Waals surface area contributed by atoms with Crippen molar-refractivity contribution in [3.63, 3.8) is 0 Å². The first-order valence-electron chi connectivity index (χ1n) is 7.97. The number of carbonyl (C=O) groups is 1. The molecule has 1 amide bonds. The first kappa shape index (κ1) is 14.9. The molecule has 4 heteroatoms. The highest BCUT2D eigenvalue weighted by atomic mass is 35.5. The van der Waals surface area contributed by atoms with Gasteiger partial charge in [0.2, 0.25) is 5.91 Å². The van der Waals surface area contributed by atoms with E-state index >= 15 is 0 Å². The molecule has 1 aliphatic carbocycles. The molecule has 0 aromatic heterocycles. The minimum absolute atomic E-state index is 0.00691. The van der Waals surface area contributed by atoms with Gasteiger partial charge >= 0.3 is 0 Å². The molecule has 1 saturated carbocycles. The SMILES string of the molecule is CC[C@@H](C(=O)NC1(c2ccccc2Cl)CC1)N1CCCC1. The number of hydrogen-bond acceptors (Lipinski definition) is 2. The van der Waals surface area contributed by atoms with Crippen molar-refractivity contribution in [1.29, 1.82) is 0 Å². The number of nitrogens with zero attached hydrogens (tertiary/aromatic N) is 1. The average Bonchev–Trinajstić information content (AvgIpc) is 3.04. The number of likely N-dealkylation sites (tertiary alicyclic amines) is 1. The van der Waals surface area contributed by atoms with E-state index in [1.165, 1.54) is 12.8 Å². The van der Waals surface area contributed by atoms with Gasteiger partial charge in [0.05, 0.1) is 11.6 Å². The van der Waals surface area contributed by atoms with Crippen LogP contribution in [0.25, 0.3) is 0 Å². The molecular formula is C17H23ClN2O. The lowest BCUT2D eigenvalue weighted by Crippen LogP contribution is -2.48. The van der Waals surface area contributed by atoms with Gasteiger partial charge in [0.1, 0.15) is 0 Å². The van der Waals surface area contributed by atoms with Crippen LogP contribution in [0, 0.1) is 0 Å². The van der Waals surface area contributed by atoms with Gasteiger partial charge in [-0.25, -0.2) is 0 Å². The van der Waals surface area contributed by atoms with Crippen LogP contribution in [0.3, 0.4) is 0 Å². The van der Waals surface area contributed by atoms with E-state index in [4.69, 9.17) is 11.6 Å². The zero-order valence-corrected chi connectivity index (χ0v) is 13.3. The Balaban J connectivity index is 1.73. The van der Waals surface area contributed by atoms with Gasteiger partial charge in [-0.2, -0.15) is 0 Å². The normalized spacial score (nSPS) is 22.0. The Morgan fingerprint density at radius 3 is 2.57 bits per heavy atom. The minimum Gasteiger partial charge on any atom is -0.345 e. The Morgan fingerprint density at radius 2 is 2.00 bits per heavy atom. The first-order valence-corrected chi connectivity index (χ1v) is 8.35. The molecule has 0 spiro atoms. The van der Waals surface area contributed by atoms with Crippen LogP contribution in [0.15, 0.2) is 24.3 Å². The largest absolute Gasteiger partial charge is 0.345 e. The number of carbonyl (C=O) groups excluding carboxylic acids is 1. The summed E-state index contributed by atoms with van der Waals surface area (Å²) in [6, 6.07) is 7.87. The van der Waals surface area contributed by atoms with Crippen molar-refractivity contribution in [3.05, 3.63) is 34.9 Å². The molecule has 114 valence electrons. The van der Waals surface area contributed by atoms with Gasteiger partial charge in [-0.3, -0.25) is 9.69 Å². The molecule has 0 radical (unpaired) electrons. The predicted octanol–water partition coefficient (Wildman–Crippen LogP) is 3.32. The van der Waals surface area contributed by atoms with E-state index in [0.717, 1.165) is 42.9 Å². The number of amides is 1. The van der Waals surface area contributed by atoms with E-state index in [0.29, 0.717) is 0 Å². The zero-order chi connectivity index (χ0) is 14.9. The van der Waals surface area contributed by atoms with E-state index in [1.807, 2.05) is 24.3 Å². The Bertz CT molecular complexity index is 521. The van der Waals surface area contributed by atoms with Crippen LogP contribution in [-0.4, -0.2) is 29.9 Å². The molecule has 1 atom stereocenters. The maximum absolute atomic E-state index is 12.7. The summed E-state index contributed by atoms with van der Waals surface area (Å²) >= 11 is 6.31. The maximum atomic E-state index is 12.7. The topological polar surface area (TPSA) is 32.3 Å². The van der Waals surface area contributed by atoms with Crippen molar-refractivity contribution in [2.45, 2.75) is 50.6 Å². The van der Waals surface area contributed by atoms with Crippen LogP contribution >= 0.6 is 11.6 Å². The molecule has 1 aromatic rings. The first-order chi connectivity index (χ1) is 10.2. The second-order valence-corrected chi connectivity index (χ2v) is 6.63. The molecule has 2 fully saturated rings. The summed E-state index contributed by atoms with van der Waals surface area (Å²) in [6.07, 6.45) is 5.25. The van der Waals surface area contributed by atoms with Gasteiger partial charge in [0, 0.05) is 5.02 Å². The molecule has 1 aliphatic heterocycles. The standard InChI is InChI=1S/C17H23ClN2O/c1-2-15(20-11-5-6-12-20)16(21)19-17(9-10-17)13-7-3-4-8-14(13)18/h3-4,7-8,15H,2,5-6,9-12H2,1H3,(H,19,21)/t15-/m0/s1. The third-order valence-electron chi connectivity index (χ3n) is 4.77. The van der Waals surface area contributed by atoms with Gasteiger partial charge in [-0.15, -0.1) is 0 Å². The van der Waals surface area contributed by atoms with Crippen LogP contribution < -0.4 is 5.32 Å². The van der Waals surface area contributed by atoms with Gasteiger partial charge in [-0.1, -0.05) is 36.7 Å². The summed E-state index contributed by atoms with van der Waals surface area (Å²) in [5.41, 5.74) is 0.846. The van der Waals surface area contributed by atoms with Crippen LogP contribution in [-0.2, 0) is 10.3 Å². The molecule has 2 aliphatic rings.